The molecule has 0 radical (unpaired) electrons. The van der Waals surface area contributed by atoms with Crippen LogP contribution in [0.3, 0.4) is 0 Å². The lowest BCUT2D eigenvalue weighted by Gasteiger charge is -2.27. The molecule has 4 rings (SSSR count). The topological polar surface area (TPSA) is 121 Å². The summed E-state index contributed by atoms with van der Waals surface area (Å²) in [5, 5.41) is 14.7. The summed E-state index contributed by atoms with van der Waals surface area (Å²) in [5.74, 6) is 2.18. The summed E-state index contributed by atoms with van der Waals surface area (Å²) in [6, 6.07) is 10.1. The molecule has 0 unspecified atom stereocenters. The highest BCUT2D eigenvalue weighted by atomic mass is 32.2. The summed E-state index contributed by atoms with van der Waals surface area (Å²) in [5.41, 5.74) is 1.79. The highest BCUT2D eigenvalue weighted by molar-refractivity contribution is 7.99. The first-order chi connectivity index (χ1) is 17.9. The number of urea groups is 1. The number of ether oxygens (including phenoxy) is 2. The molecule has 1 aliphatic heterocycles. The third kappa shape index (κ3) is 6.23. The lowest BCUT2D eigenvalue weighted by molar-refractivity contribution is -0.139. The molecule has 0 saturated heterocycles. The Morgan fingerprint density at radius 3 is 2.81 bits per heavy atom. The van der Waals surface area contributed by atoms with Gasteiger partial charge in [-0.15, -0.1) is 16.8 Å². The van der Waals surface area contributed by atoms with Crippen molar-refractivity contribution in [2.45, 2.75) is 45.1 Å². The Bertz CT molecular complexity index is 1330. The molecule has 3 heterocycles. The summed E-state index contributed by atoms with van der Waals surface area (Å²) in [7, 11) is 0. The number of hydrogen-bond acceptors (Lipinski definition) is 8. The molecular formula is C26H29N5O5S. The maximum absolute atomic E-state index is 12.9. The molecule has 1 aliphatic rings. The number of allylic oxidation sites excluding steroid dienone is 1. The van der Waals surface area contributed by atoms with E-state index in [1.807, 2.05) is 35.8 Å². The number of nitrogens with one attached hydrogen (secondary N) is 2. The molecule has 194 valence electrons. The summed E-state index contributed by atoms with van der Waals surface area (Å²) in [6.45, 7) is 10.2. The van der Waals surface area contributed by atoms with Gasteiger partial charge < -0.3 is 24.5 Å². The van der Waals surface area contributed by atoms with Crippen molar-refractivity contribution < 1.29 is 23.5 Å². The smallest absolute Gasteiger partial charge is 0.338 e. The van der Waals surface area contributed by atoms with Gasteiger partial charge in [0.1, 0.15) is 29.9 Å². The zero-order valence-corrected chi connectivity index (χ0v) is 21.8. The minimum atomic E-state index is -0.776. The van der Waals surface area contributed by atoms with E-state index in [1.54, 1.807) is 32.1 Å². The van der Waals surface area contributed by atoms with Crippen molar-refractivity contribution in [3.63, 3.8) is 0 Å². The van der Waals surface area contributed by atoms with Crippen LogP contribution in [-0.2, 0) is 22.7 Å². The van der Waals surface area contributed by atoms with E-state index in [1.165, 1.54) is 11.8 Å². The number of furan rings is 1. The fourth-order valence-electron chi connectivity index (χ4n) is 3.84. The van der Waals surface area contributed by atoms with Crippen molar-refractivity contribution in [2.75, 3.05) is 12.4 Å². The van der Waals surface area contributed by atoms with Crippen LogP contribution >= 0.6 is 11.8 Å². The van der Waals surface area contributed by atoms with E-state index in [4.69, 9.17) is 13.9 Å². The molecule has 0 aliphatic carbocycles. The molecule has 2 N–H and O–H groups in total. The highest BCUT2D eigenvalue weighted by Crippen LogP contribution is 2.31. The maximum Gasteiger partial charge on any atom is 0.338 e. The molecule has 0 bridgehead atoms. The standard InChI is InChI=1S/C26H29N5O5S/c1-5-12-31-21(14-35-18-9-7-8-16(3)13-18)29-30-26(31)37-15-19-22(24(32)34-6-2)23(28-25(33)27-19)20-11-10-17(4)36-20/h5,7-11,13,23H,1,6,12,14-15H2,2-4H3,(H2,27,28,33)/t23-/m0/s1. The molecule has 10 nitrogen and oxygen atoms in total. The Hall–Kier alpha value is -3.99. The lowest BCUT2D eigenvalue weighted by Crippen LogP contribution is -2.46. The SMILES string of the molecule is C=CCn1c(COc2cccc(C)c2)nnc1SCC1=C(C(=O)OCC)[C@H](c2ccc(C)o2)NC(=O)N1. The van der Waals surface area contributed by atoms with Gasteiger partial charge in [-0.3, -0.25) is 4.57 Å². The number of aryl methyl sites for hydroxylation is 2. The van der Waals surface area contributed by atoms with Gasteiger partial charge in [-0.2, -0.15) is 0 Å². The van der Waals surface area contributed by atoms with Crippen LogP contribution in [0, 0.1) is 13.8 Å². The molecule has 1 aromatic carbocycles. The van der Waals surface area contributed by atoms with Crippen LogP contribution < -0.4 is 15.4 Å². The van der Waals surface area contributed by atoms with Crippen molar-refractivity contribution in [1.29, 1.82) is 0 Å². The lowest BCUT2D eigenvalue weighted by atomic mass is 10.0. The first-order valence-electron chi connectivity index (χ1n) is 11.8. The molecular weight excluding hydrogens is 494 g/mol. The fraction of sp³-hybridized carbons (Fsp3) is 0.308. The zero-order chi connectivity index (χ0) is 26.4. The van der Waals surface area contributed by atoms with E-state index in [0.29, 0.717) is 34.7 Å². The molecule has 3 aromatic rings. The predicted octanol–water partition coefficient (Wildman–Crippen LogP) is 4.22. The molecule has 2 amide bonds. The third-order valence-electron chi connectivity index (χ3n) is 5.50. The van der Waals surface area contributed by atoms with E-state index in [9.17, 15) is 9.59 Å². The number of rotatable bonds is 11. The van der Waals surface area contributed by atoms with Crippen molar-refractivity contribution in [3.8, 4) is 5.75 Å². The molecule has 0 saturated carbocycles. The number of hydrogen-bond donors (Lipinski definition) is 2. The van der Waals surface area contributed by atoms with Crippen molar-refractivity contribution in [1.82, 2.24) is 25.4 Å². The number of nitrogens with zero attached hydrogens (tertiary/aromatic N) is 3. The number of benzene rings is 1. The van der Waals surface area contributed by atoms with Gasteiger partial charge in [0.15, 0.2) is 11.0 Å². The Kier molecular flexibility index (Phi) is 8.34. The maximum atomic E-state index is 12.9. The van der Waals surface area contributed by atoms with Crippen LogP contribution in [0.4, 0.5) is 4.79 Å². The number of aromatic nitrogens is 3. The second kappa shape index (κ2) is 11.8. The Balaban J connectivity index is 1.58. The predicted molar refractivity (Wildman–Crippen MR) is 138 cm³/mol. The number of thioether (sulfide) groups is 1. The van der Waals surface area contributed by atoms with Gasteiger partial charge in [0.2, 0.25) is 0 Å². The molecule has 37 heavy (non-hydrogen) atoms. The van der Waals surface area contributed by atoms with Crippen molar-refractivity contribution in [2.24, 2.45) is 0 Å². The van der Waals surface area contributed by atoms with Crippen LogP contribution in [0.25, 0.3) is 0 Å². The minimum absolute atomic E-state index is 0.193. The third-order valence-corrected chi connectivity index (χ3v) is 6.50. The molecule has 11 heteroatoms. The largest absolute Gasteiger partial charge is 0.486 e. The van der Waals surface area contributed by atoms with Gasteiger partial charge in [-0.1, -0.05) is 30.0 Å². The van der Waals surface area contributed by atoms with Crippen LogP contribution in [0.2, 0.25) is 0 Å². The molecule has 0 fully saturated rings. The normalized spacial score (nSPS) is 15.2. The first kappa shape index (κ1) is 26.1. The van der Waals surface area contributed by atoms with Crippen LogP contribution in [0.1, 0.15) is 35.9 Å². The molecule has 0 spiro atoms. The summed E-state index contributed by atoms with van der Waals surface area (Å²) in [4.78, 5) is 25.4. The minimum Gasteiger partial charge on any atom is -0.486 e. The summed E-state index contributed by atoms with van der Waals surface area (Å²) in [6.07, 6.45) is 1.74. The van der Waals surface area contributed by atoms with E-state index in [2.05, 4.69) is 27.4 Å². The average Bonchev–Trinajstić information content (AvgIpc) is 3.47. The monoisotopic (exact) mass is 523 g/mol. The van der Waals surface area contributed by atoms with E-state index in [-0.39, 0.29) is 24.5 Å². The first-order valence-corrected chi connectivity index (χ1v) is 12.8. The second-order valence-corrected chi connectivity index (χ2v) is 9.23. The highest BCUT2D eigenvalue weighted by Gasteiger charge is 2.35. The van der Waals surface area contributed by atoms with E-state index in [0.717, 1.165) is 11.3 Å². The Labute approximate surface area is 219 Å². The van der Waals surface area contributed by atoms with Crippen LogP contribution in [0.5, 0.6) is 5.75 Å². The van der Waals surface area contributed by atoms with Crippen LogP contribution in [0.15, 0.2) is 69.9 Å². The average molecular weight is 524 g/mol. The van der Waals surface area contributed by atoms with Gasteiger partial charge in [0.25, 0.3) is 0 Å². The Morgan fingerprint density at radius 1 is 1.27 bits per heavy atom. The molecule has 1 atom stereocenters. The van der Waals surface area contributed by atoms with Gasteiger partial charge in [0.05, 0.1) is 12.2 Å². The van der Waals surface area contributed by atoms with E-state index < -0.39 is 18.0 Å². The van der Waals surface area contributed by atoms with E-state index >= 15 is 0 Å². The van der Waals surface area contributed by atoms with Gasteiger partial charge >= 0.3 is 12.0 Å². The molecule has 2 aromatic heterocycles. The quantitative estimate of drug-likeness (QED) is 0.218. The van der Waals surface area contributed by atoms with Crippen LogP contribution in [-0.4, -0.2) is 39.1 Å². The number of esters is 1. The summed E-state index contributed by atoms with van der Waals surface area (Å²) < 4.78 is 18.8. The number of amides is 2. The Morgan fingerprint density at radius 2 is 2.11 bits per heavy atom. The van der Waals surface area contributed by atoms with Crippen molar-refractivity contribution in [3.05, 3.63) is 83.2 Å². The van der Waals surface area contributed by atoms with Gasteiger partial charge in [-0.25, -0.2) is 9.59 Å². The fourth-order valence-corrected chi connectivity index (χ4v) is 4.77. The van der Waals surface area contributed by atoms with Gasteiger partial charge in [-0.05, 0) is 50.6 Å². The number of carbonyl (C=O) groups excluding carboxylic acids is 2. The number of carbonyl (C=O) groups is 2. The van der Waals surface area contributed by atoms with Crippen molar-refractivity contribution >= 4 is 23.8 Å². The second-order valence-electron chi connectivity index (χ2n) is 8.28. The summed E-state index contributed by atoms with van der Waals surface area (Å²) >= 11 is 1.33. The van der Waals surface area contributed by atoms with Gasteiger partial charge in [0, 0.05) is 18.0 Å². The zero-order valence-electron chi connectivity index (χ0n) is 20.9.